The first-order valence-corrected chi connectivity index (χ1v) is 6.72. The average molecular weight is 266 g/mol. The van der Waals surface area contributed by atoms with Crippen LogP contribution in [0.15, 0.2) is 24.3 Å². The van der Waals surface area contributed by atoms with Crippen LogP contribution in [-0.2, 0) is 11.2 Å². The van der Waals surface area contributed by atoms with Crippen molar-refractivity contribution in [2.45, 2.75) is 26.2 Å². The Morgan fingerprint density at radius 2 is 2.11 bits per heavy atom. The molecule has 0 bridgehead atoms. The van der Waals surface area contributed by atoms with Crippen molar-refractivity contribution in [2.75, 3.05) is 20.1 Å². The Kier molecular flexibility index (Phi) is 6.50. The van der Waals surface area contributed by atoms with Gasteiger partial charge < -0.3 is 10.6 Å². The molecule has 1 amide bonds. The fourth-order valence-corrected chi connectivity index (χ4v) is 1.97. The van der Waals surface area contributed by atoms with Gasteiger partial charge in [0, 0.05) is 20.0 Å². The molecule has 3 nitrogen and oxygen atoms in total. The van der Waals surface area contributed by atoms with E-state index < -0.39 is 0 Å². The Balaban J connectivity index is 2.33. The third-order valence-corrected chi connectivity index (χ3v) is 3.21. The SMILES string of the molecule is CC(CN)CN(C)C(=O)CCCc1ccccc1F. The summed E-state index contributed by atoms with van der Waals surface area (Å²) in [6, 6.07) is 6.70. The van der Waals surface area contributed by atoms with E-state index in [1.807, 2.05) is 13.0 Å². The van der Waals surface area contributed by atoms with Crippen LogP contribution in [0.3, 0.4) is 0 Å². The van der Waals surface area contributed by atoms with Crippen molar-refractivity contribution in [1.82, 2.24) is 4.90 Å². The summed E-state index contributed by atoms with van der Waals surface area (Å²) in [6.45, 7) is 3.27. The third-order valence-electron chi connectivity index (χ3n) is 3.21. The number of nitrogens with two attached hydrogens (primary N) is 1. The van der Waals surface area contributed by atoms with E-state index >= 15 is 0 Å². The number of hydrogen-bond donors (Lipinski definition) is 1. The van der Waals surface area contributed by atoms with Crippen molar-refractivity contribution < 1.29 is 9.18 Å². The highest BCUT2D eigenvalue weighted by molar-refractivity contribution is 5.75. The molecule has 19 heavy (non-hydrogen) atoms. The lowest BCUT2D eigenvalue weighted by molar-refractivity contribution is -0.130. The molecule has 0 fully saturated rings. The molecular weight excluding hydrogens is 243 g/mol. The topological polar surface area (TPSA) is 46.3 Å². The van der Waals surface area contributed by atoms with Gasteiger partial charge >= 0.3 is 0 Å². The van der Waals surface area contributed by atoms with E-state index in [-0.39, 0.29) is 11.7 Å². The van der Waals surface area contributed by atoms with Gasteiger partial charge in [-0.25, -0.2) is 4.39 Å². The van der Waals surface area contributed by atoms with Gasteiger partial charge in [-0.3, -0.25) is 4.79 Å². The summed E-state index contributed by atoms with van der Waals surface area (Å²) in [4.78, 5) is 13.6. The number of amides is 1. The Bertz CT molecular complexity index is 409. The van der Waals surface area contributed by atoms with Crippen molar-refractivity contribution in [3.05, 3.63) is 35.6 Å². The lowest BCUT2D eigenvalue weighted by Crippen LogP contribution is -2.33. The predicted molar refractivity (Wildman–Crippen MR) is 75.2 cm³/mol. The summed E-state index contributed by atoms with van der Waals surface area (Å²) in [5.74, 6) is 0.206. The zero-order valence-corrected chi connectivity index (χ0v) is 11.7. The van der Waals surface area contributed by atoms with Crippen LogP contribution in [0.4, 0.5) is 4.39 Å². The molecule has 0 aliphatic rings. The normalized spacial score (nSPS) is 12.2. The number of rotatable bonds is 7. The molecule has 0 radical (unpaired) electrons. The maximum Gasteiger partial charge on any atom is 0.222 e. The largest absolute Gasteiger partial charge is 0.345 e. The first kappa shape index (κ1) is 15.6. The second kappa shape index (κ2) is 7.89. The van der Waals surface area contributed by atoms with Crippen LogP contribution in [-0.4, -0.2) is 30.9 Å². The summed E-state index contributed by atoms with van der Waals surface area (Å²) >= 11 is 0. The van der Waals surface area contributed by atoms with Gasteiger partial charge in [0.15, 0.2) is 0 Å². The van der Waals surface area contributed by atoms with Crippen LogP contribution < -0.4 is 5.73 Å². The molecule has 0 aliphatic carbocycles. The van der Waals surface area contributed by atoms with E-state index in [1.54, 1.807) is 24.1 Å². The monoisotopic (exact) mass is 266 g/mol. The first-order valence-electron chi connectivity index (χ1n) is 6.72. The maximum absolute atomic E-state index is 13.4. The fourth-order valence-electron chi connectivity index (χ4n) is 1.97. The van der Waals surface area contributed by atoms with Gasteiger partial charge in [-0.15, -0.1) is 0 Å². The van der Waals surface area contributed by atoms with E-state index in [0.29, 0.717) is 43.8 Å². The minimum atomic E-state index is -0.194. The molecule has 1 rings (SSSR count). The molecule has 4 heteroatoms. The molecule has 0 spiro atoms. The number of carbonyl (C=O) groups is 1. The Hall–Kier alpha value is -1.42. The molecule has 0 saturated carbocycles. The molecule has 0 heterocycles. The Morgan fingerprint density at radius 3 is 2.74 bits per heavy atom. The molecule has 0 saturated heterocycles. The van der Waals surface area contributed by atoms with Crippen molar-refractivity contribution in [2.24, 2.45) is 11.7 Å². The van der Waals surface area contributed by atoms with E-state index in [1.165, 1.54) is 6.07 Å². The van der Waals surface area contributed by atoms with Crippen LogP contribution in [0.2, 0.25) is 0 Å². The fraction of sp³-hybridized carbons (Fsp3) is 0.533. The van der Waals surface area contributed by atoms with Crippen molar-refractivity contribution >= 4 is 5.91 Å². The zero-order valence-electron chi connectivity index (χ0n) is 11.7. The summed E-state index contributed by atoms with van der Waals surface area (Å²) in [5.41, 5.74) is 6.21. The molecule has 0 aromatic heterocycles. The first-order chi connectivity index (χ1) is 9.04. The molecule has 1 unspecified atom stereocenters. The minimum Gasteiger partial charge on any atom is -0.345 e. The molecule has 1 aromatic rings. The van der Waals surface area contributed by atoms with E-state index in [2.05, 4.69) is 0 Å². The second-order valence-corrected chi connectivity index (χ2v) is 5.06. The van der Waals surface area contributed by atoms with Gasteiger partial charge in [0.05, 0.1) is 0 Å². The molecule has 1 atom stereocenters. The smallest absolute Gasteiger partial charge is 0.222 e. The van der Waals surface area contributed by atoms with Crippen molar-refractivity contribution in [1.29, 1.82) is 0 Å². The van der Waals surface area contributed by atoms with Gasteiger partial charge in [-0.05, 0) is 36.9 Å². The summed E-state index contributed by atoms with van der Waals surface area (Å²) in [5, 5.41) is 0. The molecule has 1 aromatic carbocycles. The highest BCUT2D eigenvalue weighted by Crippen LogP contribution is 2.11. The number of carbonyl (C=O) groups excluding carboxylic acids is 1. The Morgan fingerprint density at radius 1 is 1.42 bits per heavy atom. The zero-order chi connectivity index (χ0) is 14.3. The van der Waals surface area contributed by atoms with Gasteiger partial charge in [0.25, 0.3) is 0 Å². The number of nitrogens with zero attached hydrogens (tertiary/aromatic N) is 1. The maximum atomic E-state index is 13.4. The van der Waals surface area contributed by atoms with Crippen LogP contribution in [0.1, 0.15) is 25.3 Å². The molecular formula is C15H23FN2O. The van der Waals surface area contributed by atoms with E-state index in [9.17, 15) is 9.18 Å². The van der Waals surface area contributed by atoms with E-state index in [0.717, 1.165) is 0 Å². The lowest BCUT2D eigenvalue weighted by atomic mass is 10.1. The minimum absolute atomic E-state index is 0.0941. The van der Waals surface area contributed by atoms with Gasteiger partial charge in [0.2, 0.25) is 5.91 Å². The van der Waals surface area contributed by atoms with Crippen molar-refractivity contribution in [3.8, 4) is 0 Å². The lowest BCUT2D eigenvalue weighted by Gasteiger charge is -2.20. The average Bonchev–Trinajstić information content (AvgIpc) is 2.40. The van der Waals surface area contributed by atoms with Crippen LogP contribution in [0, 0.1) is 11.7 Å². The number of halogens is 1. The summed E-state index contributed by atoms with van der Waals surface area (Å²) < 4.78 is 13.4. The summed E-state index contributed by atoms with van der Waals surface area (Å²) in [7, 11) is 1.79. The third kappa shape index (κ3) is 5.39. The Labute approximate surface area is 114 Å². The number of hydrogen-bond acceptors (Lipinski definition) is 2. The highest BCUT2D eigenvalue weighted by Gasteiger charge is 2.11. The molecule has 2 N–H and O–H groups in total. The van der Waals surface area contributed by atoms with Gasteiger partial charge in [-0.1, -0.05) is 25.1 Å². The van der Waals surface area contributed by atoms with Crippen LogP contribution >= 0.6 is 0 Å². The van der Waals surface area contributed by atoms with Crippen molar-refractivity contribution in [3.63, 3.8) is 0 Å². The van der Waals surface area contributed by atoms with Crippen LogP contribution in [0.5, 0.6) is 0 Å². The molecule has 106 valence electrons. The molecule has 0 aliphatic heterocycles. The standard InChI is InChI=1S/C15H23FN2O/c1-12(10-17)11-18(2)15(19)9-5-7-13-6-3-4-8-14(13)16/h3-4,6,8,12H,5,7,9-11,17H2,1-2H3. The predicted octanol–water partition coefficient (Wildman–Crippen LogP) is 2.20. The van der Waals surface area contributed by atoms with Crippen LogP contribution in [0.25, 0.3) is 0 Å². The van der Waals surface area contributed by atoms with E-state index in [4.69, 9.17) is 5.73 Å². The number of benzene rings is 1. The summed E-state index contributed by atoms with van der Waals surface area (Å²) in [6.07, 6.45) is 1.71. The van der Waals surface area contributed by atoms with Gasteiger partial charge in [-0.2, -0.15) is 0 Å². The quantitative estimate of drug-likeness (QED) is 0.822. The second-order valence-electron chi connectivity index (χ2n) is 5.06. The number of aryl methyl sites for hydroxylation is 1. The van der Waals surface area contributed by atoms with Gasteiger partial charge in [0.1, 0.15) is 5.82 Å². The highest BCUT2D eigenvalue weighted by atomic mass is 19.1.